The molecule has 7 heteroatoms. The van der Waals surface area contributed by atoms with E-state index in [9.17, 15) is 0 Å². The molecule has 7 nitrogen and oxygen atoms in total. The Hall–Kier alpha value is -2.54. The summed E-state index contributed by atoms with van der Waals surface area (Å²) in [7, 11) is 0. The molecule has 3 rings (SSSR count). The van der Waals surface area contributed by atoms with Gasteiger partial charge in [-0.1, -0.05) is 6.07 Å². The van der Waals surface area contributed by atoms with E-state index in [0.717, 1.165) is 37.7 Å². The average Bonchev–Trinajstić information content (AvgIpc) is 2.57. The van der Waals surface area contributed by atoms with Crippen molar-refractivity contribution in [2.24, 2.45) is 5.10 Å². The van der Waals surface area contributed by atoms with Gasteiger partial charge in [-0.3, -0.25) is 10.4 Å². The summed E-state index contributed by atoms with van der Waals surface area (Å²) in [6.07, 6.45) is 6.70. The van der Waals surface area contributed by atoms with Crippen molar-refractivity contribution in [2.75, 3.05) is 36.6 Å². The molecule has 0 aliphatic carbocycles. The summed E-state index contributed by atoms with van der Waals surface area (Å²) >= 11 is 0. The molecule has 0 radical (unpaired) electrons. The van der Waals surface area contributed by atoms with Crippen molar-refractivity contribution in [3.63, 3.8) is 0 Å². The average molecular weight is 284 g/mol. The van der Waals surface area contributed by atoms with E-state index in [2.05, 4.69) is 30.4 Å². The van der Waals surface area contributed by atoms with Crippen molar-refractivity contribution in [2.45, 2.75) is 0 Å². The minimum Gasteiger partial charge on any atom is -0.378 e. The van der Waals surface area contributed by atoms with Gasteiger partial charge < -0.3 is 9.64 Å². The fourth-order valence-electron chi connectivity index (χ4n) is 2.00. The Morgan fingerprint density at radius 3 is 3.00 bits per heavy atom. The van der Waals surface area contributed by atoms with Crippen LogP contribution in [0.15, 0.2) is 42.0 Å². The summed E-state index contributed by atoms with van der Waals surface area (Å²) in [6.45, 7) is 3.14. The number of nitrogens with one attached hydrogen (secondary N) is 1. The number of morpholine rings is 1. The number of ether oxygens (including phenoxy) is 1. The molecule has 0 spiro atoms. The minimum atomic E-state index is 0.659. The highest BCUT2D eigenvalue weighted by atomic mass is 16.5. The van der Waals surface area contributed by atoms with E-state index in [1.165, 1.54) is 6.33 Å². The summed E-state index contributed by atoms with van der Waals surface area (Å²) in [5, 5.41) is 4.15. The number of hydrazone groups is 1. The highest BCUT2D eigenvalue weighted by Gasteiger charge is 2.12. The van der Waals surface area contributed by atoms with Gasteiger partial charge in [0.25, 0.3) is 0 Å². The Bertz CT molecular complexity index is 597. The zero-order valence-corrected chi connectivity index (χ0v) is 11.5. The molecule has 108 valence electrons. The monoisotopic (exact) mass is 284 g/mol. The maximum atomic E-state index is 5.34. The predicted molar refractivity (Wildman–Crippen MR) is 80.5 cm³/mol. The SMILES string of the molecule is C(=NNc1cc(N2CCOCC2)ncn1)c1cccnc1. The van der Waals surface area contributed by atoms with Crippen LogP contribution < -0.4 is 10.3 Å². The lowest BCUT2D eigenvalue weighted by Crippen LogP contribution is -2.36. The van der Waals surface area contributed by atoms with Gasteiger partial charge in [0, 0.05) is 37.1 Å². The van der Waals surface area contributed by atoms with E-state index >= 15 is 0 Å². The maximum absolute atomic E-state index is 5.34. The van der Waals surface area contributed by atoms with Crippen LogP contribution in [0.4, 0.5) is 11.6 Å². The van der Waals surface area contributed by atoms with Crippen molar-refractivity contribution in [3.8, 4) is 0 Å². The number of anilines is 2. The quantitative estimate of drug-likeness (QED) is 0.670. The van der Waals surface area contributed by atoms with Crippen molar-refractivity contribution in [1.82, 2.24) is 15.0 Å². The van der Waals surface area contributed by atoms with Crippen molar-refractivity contribution >= 4 is 17.9 Å². The fraction of sp³-hybridized carbons (Fsp3) is 0.286. The molecule has 1 aliphatic heterocycles. The first kappa shape index (κ1) is 13.4. The minimum absolute atomic E-state index is 0.659. The third-order valence-corrected chi connectivity index (χ3v) is 3.06. The molecular formula is C14H16N6O. The van der Waals surface area contributed by atoms with Gasteiger partial charge in [-0.2, -0.15) is 5.10 Å². The molecule has 0 saturated carbocycles. The number of hydrogen-bond donors (Lipinski definition) is 1. The summed E-state index contributed by atoms with van der Waals surface area (Å²) in [6, 6.07) is 5.67. The zero-order chi connectivity index (χ0) is 14.3. The molecule has 21 heavy (non-hydrogen) atoms. The van der Waals surface area contributed by atoms with E-state index in [-0.39, 0.29) is 0 Å². The van der Waals surface area contributed by atoms with Crippen LogP contribution in [0.5, 0.6) is 0 Å². The number of pyridine rings is 1. The van der Waals surface area contributed by atoms with Crippen LogP contribution >= 0.6 is 0 Å². The summed E-state index contributed by atoms with van der Waals surface area (Å²) < 4.78 is 5.34. The molecule has 2 aromatic heterocycles. The topological polar surface area (TPSA) is 75.5 Å². The maximum Gasteiger partial charge on any atom is 0.151 e. The Kier molecular flexibility index (Phi) is 4.33. The highest BCUT2D eigenvalue weighted by molar-refractivity contribution is 5.79. The Labute approximate surface area is 122 Å². The molecule has 2 aromatic rings. The second-order valence-corrected chi connectivity index (χ2v) is 4.52. The molecular weight excluding hydrogens is 268 g/mol. The van der Waals surface area contributed by atoms with Crippen LogP contribution in [-0.2, 0) is 4.74 Å². The molecule has 1 saturated heterocycles. The second kappa shape index (κ2) is 6.76. The fourth-order valence-corrected chi connectivity index (χ4v) is 2.00. The van der Waals surface area contributed by atoms with Crippen LogP contribution in [0.3, 0.4) is 0 Å². The van der Waals surface area contributed by atoms with Crippen molar-refractivity contribution in [1.29, 1.82) is 0 Å². The first-order chi connectivity index (χ1) is 10.4. The van der Waals surface area contributed by atoms with Gasteiger partial charge in [0.05, 0.1) is 19.4 Å². The van der Waals surface area contributed by atoms with Crippen molar-refractivity contribution < 1.29 is 4.74 Å². The van der Waals surface area contributed by atoms with E-state index in [0.29, 0.717) is 5.82 Å². The molecule has 0 bridgehead atoms. The second-order valence-electron chi connectivity index (χ2n) is 4.52. The molecule has 1 N–H and O–H groups in total. The molecule has 1 fully saturated rings. The van der Waals surface area contributed by atoms with E-state index in [1.54, 1.807) is 18.6 Å². The molecule has 1 aliphatic rings. The third-order valence-electron chi connectivity index (χ3n) is 3.06. The van der Waals surface area contributed by atoms with Gasteiger partial charge in [-0.15, -0.1) is 0 Å². The van der Waals surface area contributed by atoms with E-state index < -0.39 is 0 Å². The normalized spacial score (nSPS) is 15.3. The van der Waals surface area contributed by atoms with Crippen LogP contribution in [0.1, 0.15) is 5.56 Å². The van der Waals surface area contributed by atoms with Gasteiger partial charge in [-0.05, 0) is 6.07 Å². The van der Waals surface area contributed by atoms with Crippen LogP contribution in [0, 0.1) is 0 Å². The predicted octanol–water partition coefficient (Wildman–Crippen LogP) is 1.15. The largest absolute Gasteiger partial charge is 0.378 e. The van der Waals surface area contributed by atoms with E-state index in [4.69, 9.17) is 4.74 Å². The number of aromatic nitrogens is 3. The van der Waals surface area contributed by atoms with Gasteiger partial charge in [0.2, 0.25) is 0 Å². The molecule has 0 aromatic carbocycles. The Morgan fingerprint density at radius 2 is 2.19 bits per heavy atom. The molecule has 0 amide bonds. The molecule has 0 unspecified atom stereocenters. The van der Waals surface area contributed by atoms with Gasteiger partial charge in [0.15, 0.2) is 5.82 Å². The van der Waals surface area contributed by atoms with Gasteiger partial charge in [-0.25, -0.2) is 9.97 Å². The van der Waals surface area contributed by atoms with Crippen LogP contribution in [0.2, 0.25) is 0 Å². The van der Waals surface area contributed by atoms with E-state index in [1.807, 2.05) is 18.2 Å². The lowest BCUT2D eigenvalue weighted by Gasteiger charge is -2.27. The highest BCUT2D eigenvalue weighted by Crippen LogP contribution is 2.15. The molecule has 0 atom stereocenters. The van der Waals surface area contributed by atoms with Crippen molar-refractivity contribution in [3.05, 3.63) is 42.5 Å². The number of hydrogen-bond acceptors (Lipinski definition) is 7. The smallest absolute Gasteiger partial charge is 0.151 e. The Morgan fingerprint density at radius 1 is 1.29 bits per heavy atom. The summed E-state index contributed by atoms with van der Waals surface area (Å²) in [4.78, 5) is 14.6. The lowest BCUT2D eigenvalue weighted by atomic mass is 10.3. The van der Waals surface area contributed by atoms with Gasteiger partial charge >= 0.3 is 0 Å². The summed E-state index contributed by atoms with van der Waals surface area (Å²) in [5.41, 5.74) is 3.83. The number of nitrogens with zero attached hydrogens (tertiary/aromatic N) is 5. The first-order valence-corrected chi connectivity index (χ1v) is 6.76. The lowest BCUT2D eigenvalue weighted by molar-refractivity contribution is 0.122. The summed E-state index contributed by atoms with van der Waals surface area (Å²) in [5.74, 6) is 1.54. The standard InChI is InChI=1S/C14H16N6O/c1-2-12(9-15-3-1)10-18-19-13-8-14(17-11-16-13)20-4-6-21-7-5-20/h1-3,8-11H,4-7H2,(H,16,17,19). The van der Waals surface area contributed by atoms with Gasteiger partial charge in [0.1, 0.15) is 12.1 Å². The zero-order valence-electron chi connectivity index (χ0n) is 11.5. The third kappa shape index (κ3) is 3.73. The molecule has 3 heterocycles. The first-order valence-electron chi connectivity index (χ1n) is 6.76. The van der Waals surface area contributed by atoms with Crippen LogP contribution in [0.25, 0.3) is 0 Å². The number of rotatable bonds is 4. The van der Waals surface area contributed by atoms with Crippen LogP contribution in [-0.4, -0.2) is 47.5 Å². The Balaban J connectivity index is 1.64.